The summed E-state index contributed by atoms with van der Waals surface area (Å²) in [6.45, 7) is 11.4. The van der Waals surface area contributed by atoms with Crippen molar-refractivity contribution in [3.8, 4) is 0 Å². The first kappa shape index (κ1) is 11.8. The van der Waals surface area contributed by atoms with Gasteiger partial charge in [0.1, 0.15) is 0 Å². The van der Waals surface area contributed by atoms with Crippen molar-refractivity contribution in [2.24, 2.45) is 5.92 Å². The van der Waals surface area contributed by atoms with Crippen LogP contribution in [0.25, 0.3) is 0 Å². The number of thiophene rings is 1. The van der Waals surface area contributed by atoms with E-state index in [1.165, 1.54) is 24.1 Å². The van der Waals surface area contributed by atoms with Gasteiger partial charge in [0.25, 0.3) is 0 Å². The van der Waals surface area contributed by atoms with Gasteiger partial charge in [-0.25, -0.2) is 0 Å². The highest BCUT2D eigenvalue weighted by Gasteiger charge is 2.11. The van der Waals surface area contributed by atoms with Gasteiger partial charge < -0.3 is 0 Å². The van der Waals surface area contributed by atoms with Crippen molar-refractivity contribution in [2.75, 3.05) is 0 Å². The van der Waals surface area contributed by atoms with Crippen molar-refractivity contribution in [1.82, 2.24) is 0 Å². The van der Waals surface area contributed by atoms with Crippen molar-refractivity contribution in [3.05, 3.63) is 20.9 Å². The first-order valence-corrected chi connectivity index (χ1v) is 6.45. The lowest BCUT2D eigenvalue weighted by molar-refractivity contribution is 0.585. The minimum atomic E-state index is 0.819. The maximum absolute atomic E-state index is 2.31. The lowest BCUT2D eigenvalue weighted by Gasteiger charge is -2.07. The maximum atomic E-state index is 2.31. The van der Waals surface area contributed by atoms with Gasteiger partial charge in [-0.05, 0) is 50.2 Å². The Hall–Kier alpha value is -0.300. The molecule has 0 radical (unpaired) electrons. The molecule has 0 saturated heterocycles. The minimum absolute atomic E-state index is 0.819. The van der Waals surface area contributed by atoms with Gasteiger partial charge in [0.2, 0.25) is 0 Å². The molecule has 0 fully saturated rings. The van der Waals surface area contributed by atoms with Crippen LogP contribution in [0.2, 0.25) is 0 Å². The van der Waals surface area contributed by atoms with E-state index in [-0.39, 0.29) is 0 Å². The molecule has 0 atom stereocenters. The third kappa shape index (κ3) is 2.60. The van der Waals surface area contributed by atoms with Crippen LogP contribution >= 0.6 is 11.3 Å². The van der Waals surface area contributed by atoms with Crippen LogP contribution in [-0.2, 0) is 12.8 Å². The average Bonchev–Trinajstić information content (AvgIpc) is 2.36. The summed E-state index contributed by atoms with van der Waals surface area (Å²) in [5.41, 5.74) is 3.26. The predicted octanol–water partition coefficient (Wildman–Crippen LogP) is 4.52. The Labute approximate surface area is 92.4 Å². The highest BCUT2D eigenvalue weighted by molar-refractivity contribution is 7.12. The van der Waals surface area contributed by atoms with Crippen LogP contribution in [0, 0.1) is 19.8 Å². The topological polar surface area (TPSA) is 0 Å². The second-order valence-corrected chi connectivity index (χ2v) is 5.89. The second kappa shape index (κ2) is 4.97. The Balaban J connectivity index is 2.83. The smallest absolute Gasteiger partial charge is 0.00518 e. The highest BCUT2D eigenvalue weighted by atomic mass is 32.1. The van der Waals surface area contributed by atoms with E-state index in [0.717, 1.165) is 5.92 Å². The van der Waals surface area contributed by atoms with E-state index in [1.807, 2.05) is 11.3 Å². The molecule has 0 nitrogen and oxygen atoms in total. The molecule has 1 rings (SSSR count). The highest BCUT2D eigenvalue weighted by Crippen LogP contribution is 2.29. The van der Waals surface area contributed by atoms with Crippen LogP contribution in [0.15, 0.2) is 0 Å². The molecule has 0 unspecified atom stereocenters. The molecule has 0 N–H and O–H groups in total. The Morgan fingerprint density at radius 3 is 2.14 bits per heavy atom. The minimum Gasteiger partial charge on any atom is -0.145 e. The summed E-state index contributed by atoms with van der Waals surface area (Å²) in [5.74, 6) is 0.819. The van der Waals surface area contributed by atoms with Gasteiger partial charge in [-0.1, -0.05) is 20.8 Å². The van der Waals surface area contributed by atoms with Crippen LogP contribution in [0.5, 0.6) is 0 Å². The summed E-state index contributed by atoms with van der Waals surface area (Å²) >= 11 is 1.97. The molecule has 14 heavy (non-hydrogen) atoms. The van der Waals surface area contributed by atoms with Gasteiger partial charge in [-0.15, -0.1) is 11.3 Å². The van der Waals surface area contributed by atoms with Gasteiger partial charge in [0.15, 0.2) is 0 Å². The van der Waals surface area contributed by atoms with Crippen LogP contribution in [0.1, 0.15) is 48.1 Å². The fourth-order valence-corrected chi connectivity index (χ4v) is 3.20. The molecule has 0 aliphatic heterocycles. The molecule has 80 valence electrons. The molecule has 1 aromatic rings. The van der Waals surface area contributed by atoms with Gasteiger partial charge in [-0.3, -0.25) is 0 Å². The van der Waals surface area contributed by atoms with Crippen molar-refractivity contribution in [3.63, 3.8) is 0 Å². The zero-order valence-corrected chi connectivity index (χ0v) is 10.9. The third-order valence-corrected chi connectivity index (χ3v) is 3.95. The molecule has 1 aromatic heterocycles. The van der Waals surface area contributed by atoms with E-state index >= 15 is 0 Å². The van der Waals surface area contributed by atoms with Crippen LogP contribution in [0.4, 0.5) is 0 Å². The first-order chi connectivity index (χ1) is 6.56. The molecule has 0 aliphatic rings. The molecule has 0 bridgehead atoms. The zero-order chi connectivity index (χ0) is 10.7. The van der Waals surface area contributed by atoms with Crippen LogP contribution < -0.4 is 0 Å². The predicted molar refractivity (Wildman–Crippen MR) is 66.3 cm³/mol. The lowest BCUT2D eigenvalue weighted by atomic mass is 9.98. The summed E-state index contributed by atoms with van der Waals surface area (Å²) in [7, 11) is 0. The summed E-state index contributed by atoms with van der Waals surface area (Å²) in [6, 6.07) is 0. The largest absolute Gasteiger partial charge is 0.145 e. The van der Waals surface area contributed by atoms with Crippen LogP contribution in [-0.4, -0.2) is 0 Å². The summed E-state index contributed by atoms with van der Waals surface area (Å²) < 4.78 is 0. The second-order valence-electron chi connectivity index (χ2n) is 4.46. The molecule has 0 saturated carbocycles. The summed E-state index contributed by atoms with van der Waals surface area (Å²) in [6.07, 6.45) is 3.80. The fraction of sp³-hybridized carbons (Fsp3) is 0.692. The molecular weight excluding hydrogens is 188 g/mol. The normalized spacial score (nSPS) is 11.3. The zero-order valence-electron chi connectivity index (χ0n) is 10.1. The Bertz CT molecular complexity index is 294. The standard InChI is InChI=1S/C13H22S/c1-6-12-10(4)14-11(5)13(12)8-7-9(2)3/h9H,6-8H2,1-5H3. The lowest BCUT2D eigenvalue weighted by Crippen LogP contribution is -1.96. The van der Waals surface area contributed by atoms with E-state index in [4.69, 9.17) is 0 Å². The Morgan fingerprint density at radius 1 is 1.07 bits per heavy atom. The number of aryl methyl sites for hydroxylation is 2. The molecule has 1 heterocycles. The molecule has 1 heteroatoms. The van der Waals surface area contributed by atoms with Gasteiger partial charge in [0, 0.05) is 9.75 Å². The molecule has 0 aliphatic carbocycles. The van der Waals surface area contributed by atoms with E-state index in [2.05, 4.69) is 34.6 Å². The molecule has 0 aromatic carbocycles. The quantitative estimate of drug-likeness (QED) is 0.685. The third-order valence-electron chi connectivity index (χ3n) is 2.85. The molecule has 0 amide bonds. The maximum Gasteiger partial charge on any atom is 0.00518 e. The van der Waals surface area contributed by atoms with Crippen molar-refractivity contribution < 1.29 is 0 Å². The first-order valence-electron chi connectivity index (χ1n) is 5.64. The number of hydrogen-bond donors (Lipinski definition) is 0. The van der Waals surface area contributed by atoms with Crippen molar-refractivity contribution >= 4 is 11.3 Å². The van der Waals surface area contributed by atoms with E-state index in [0.29, 0.717) is 0 Å². The van der Waals surface area contributed by atoms with E-state index in [9.17, 15) is 0 Å². The fourth-order valence-electron chi connectivity index (χ4n) is 2.00. The van der Waals surface area contributed by atoms with Gasteiger partial charge in [0.05, 0.1) is 0 Å². The van der Waals surface area contributed by atoms with Gasteiger partial charge >= 0.3 is 0 Å². The molecular formula is C13H22S. The van der Waals surface area contributed by atoms with E-state index in [1.54, 1.807) is 16.0 Å². The monoisotopic (exact) mass is 210 g/mol. The van der Waals surface area contributed by atoms with Crippen molar-refractivity contribution in [1.29, 1.82) is 0 Å². The van der Waals surface area contributed by atoms with Gasteiger partial charge in [-0.2, -0.15) is 0 Å². The summed E-state index contributed by atoms with van der Waals surface area (Å²) in [5, 5.41) is 0. The average molecular weight is 210 g/mol. The Kier molecular flexibility index (Phi) is 4.18. The molecule has 0 spiro atoms. The summed E-state index contributed by atoms with van der Waals surface area (Å²) in [4.78, 5) is 3.07. The Morgan fingerprint density at radius 2 is 1.64 bits per heavy atom. The van der Waals surface area contributed by atoms with Crippen molar-refractivity contribution in [2.45, 2.75) is 53.9 Å². The van der Waals surface area contributed by atoms with E-state index < -0.39 is 0 Å². The van der Waals surface area contributed by atoms with Crippen LogP contribution in [0.3, 0.4) is 0 Å². The number of rotatable bonds is 4. The SMILES string of the molecule is CCc1c(C)sc(C)c1CCC(C)C. The number of hydrogen-bond acceptors (Lipinski definition) is 1.